The number of nitrogens with two attached hydrogens (primary N) is 1. The summed E-state index contributed by atoms with van der Waals surface area (Å²) in [5.74, 6) is -0.519. The summed E-state index contributed by atoms with van der Waals surface area (Å²) < 4.78 is 49.4. The molecule has 232 valence electrons. The van der Waals surface area contributed by atoms with E-state index in [0.717, 1.165) is 47.3 Å². The van der Waals surface area contributed by atoms with Crippen LogP contribution in [0, 0.1) is 11.3 Å². The van der Waals surface area contributed by atoms with Crippen molar-refractivity contribution in [3.63, 3.8) is 0 Å². The van der Waals surface area contributed by atoms with Crippen molar-refractivity contribution < 1.29 is 22.7 Å². The molecule has 0 bridgehead atoms. The van der Waals surface area contributed by atoms with Crippen molar-refractivity contribution in [2.45, 2.75) is 77.2 Å². The number of aryl methyl sites for hydroxylation is 1. The van der Waals surface area contributed by atoms with Crippen molar-refractivity contribution in [3.8, 4) is 0 Å². The normalized spacial score (nSPS) is 19.6. The molecule has 0 radical (unpaired) electrons. The Bertz CT molecular complexity index is 1380. The van der Waals surface area contributed by atoms with Gasteiger partial charge in [-0.3, -0.25) is 15.1 Å². The number of nitrogens with one attached hydrogen (secondary N) is 1. The Morgan fingerprint density at radius 1 is 1.12 bits per heavy atom. The van der Waals surface area contributed by atoms with Crippen LogP contribution >= 0.6 is 11.6 Å². The number of benzene rings is 2. The quantitative estimate of drug-likeness (QED) is 0.287. The minimum absolute atomic E-state index is 0.106. The van der Waals surface area contributed by atoms with Crippen LogP contribution in [-0.4, -0.2) is 42.0 Å². The Kier molecular flexibility index (Phi) is 10.3. The molecule has 43 heavy (non-hydrogen) atoms. The van der Waals surface area contributed by atoms with Gasteiger partial charge in [-0.25, -0.2) is 0 Å². The second-order valence-electron chi connectivity index (χ2n) is 11.3. The number of nitrogens with zero attached hydrogens (tertiary/aromatic N) is 2. The molecule has 1 fully saturated rings. The van der Waals surface area contributed by atoms with E-state index in [-0.39, 0.29) is 29.8 Å². The zero-order chi connectivity index (χ0) is 31.5. The number of hydrogen-bond donors (Lipinski definition) is 2. The molecule has 2 atom stereocenters. The van der Waals surface area contributed by atoms with E-state index < -0.39 is 24.1 Å². The number of amidine groups is 1. The van der Waals surface area contributed by atoms with E-state index in [9.17, 15) is 18.0 Å². The first-order chi connectivity index (χ1) is 20.3. The average molecular weight is 617 g/mol. The molecule has 4 rings (SSSR count). The van der Waals surface area contributed by atoms with Gasteiger partial charge in [0.25, 0.3) is 0 Å². The van der Waals surface area contributed by atoms with Crippen LogP contribution in [0.5, 0.6) is 0 Å². The lowest BCUT2D eigenvalue weighted by atomic mass is 9.89. The molecule has 0 saturated carbocycles. The Balaban J connectivity index is 1.78. The van der Waals surface area contributed by atoms with Gasteiger partial charge >= 0.3 is 6.18 Å². The SMILES string of the molecule is C=C(C[C@H]1OC(c2cccc(CCC)c2CC)c2cc(Cl)ccc2N(C(=C)C(F)(F)F)C1=N)N1CCC(CC(N)=O)CC1. The molecule has 6 nitrogen and oxygen atoms in total. The number of halogens is 4. The topological polar surface area (TPSA) is 82.7 Å². The maximum atomic E-state index is 14.2. The molecule has 0 aromatic heterocycles. The van der Waals surface area contributed by atoms with Crippen LogP contribution in [0.25, 0.3) is 0 Å². The lowest BCUT2D eigenvalue weighted by Crippen LogP contribution is -2.43. The second kappa shape index (κ2) is 13.6. The van der Waals surface area contributed by atoms with Gasteiger partial charge in [0, 0.05) is 42.2 Å². The Morgan fingerprint density at radius 3 is 2.42 bits per heavy atom. The molecule has 3 N–H and O–H groups in total. The lowest BCUT2D eigenvalue weighted by Gasteiger charge is -2.36. The summed E-state index contributed by atoms with van der Waals surface area (Å²) >= 11 is 6.43. The number of likely N-dealkylation sites (tertiary alicyclic amines) is 1. The molecule has 10 heteroatoms. The molecule has 2 aromatic rings. The summed E-state index contributed by atoms with van der Waals surface area (Å²) in [6.45, 7) is 13.0. The molecule has 0 spiro atoms. The van der Waals surface area contributed by atoms with Gasteiger partial charge in [0.1, 0.15) is 23.7 Å². The lowest BCUT2D eigenvalue weighted by molar-refractivity contribution is -0.119. The Hall–Kier alpha value is -3.30. The van der Waals surface area contributed by atoms with Crippen molar-refractivity contribution in [1.82, 2.24) is 4.90 Å². The number of piperidine rings is 1. The summed E-state index contributed by atoms with van der Waals surface area (Å²) in [6, 6.07) is 10.6. The number of fused-ring (bicyclic) bond motifs is 1. The van der Waals surface area contributed by atoms with E-state index in [1.165, 1.54) is 12.1 Å². The molecule has 2 aliphatic heterocycles. The summed E-state index contributed by atoms with van der Waals surface area (Å²) in [5, 5.41) is 9.46. The van der Waals surface area contributed by atoms with Crippen molar-refractivity contribution >= 4 is 29.0 Å². The fourth-order valence-corrected chi connectivity index (χ4v) is 6.41. The van der Waals surface area contributed by atoms with E-state index in [2.05, 4.69) is 38.0 Å². The van der Waals surface area contributed by atoms with Gasteiger partial charge in [-0.15, -0.1) is 0 Å². The zero-order valence-corrected chi connectivity index (χ0v) is 25.5. The fourth-order valence-electron chi connectivity index (χ4n) is 6.23. The van der Waals surface area contributed by atoms with Gasteiger partial charge in [0.2, 0.25) is 5.91 Å². The number of ether oxygens (including phenoxy) is 1. The highest BCUT2D eigenvalue weighted by atomic mass is 35.5. The van der Waals surface area contributed by atoms with Crippen molar-refractivity contribution in [2.75, 3.05) is 18.0 Å². The van der Waals surface area contributed by atoms with Gasteiger partial charge in [0.05, 0.1) is 5.69 Å². The van der Waals surface area contributed by atoms with Gasteiger partial charge in [-0.05, 0) is 66.5 Å². The monoisotopic (exact) mass is 616 g/mol. The minimum atomic E-state index is -4.79. The summed E-state index contributed by atoms with van der Waals surface area (Å²) in [6.07, 6.45) is -2.22. The number of carbonyl (C=O) groups excluding carboxylic acids is 1. The summed E-state index contributed by atoms with van der Waals surface area (Å²) in [7, 11) is 0. The number of rotatable bonds is 10. The first-order valence-electron chi connectivity index (χ1n) is 14.8. The maximum Gasteiger partial charge on any atom is 0.431 e. The smallest absolute Gasteiger partial charge is 0.375 e. The summed E-state index contributed by atoms with van der Waals surface area (Å²) in [4.78, 5) is 14.3. The number of anilines is 1. The van der Waals surface area contributed by atoms with E-state index in [4.69, 9.17) is 27.5 Å². The predicted molar refractivity (Wildman–Crippen MR) is 165 cm³/mol. The van der Waals surface area contributed by atoms with Crippen molar-refractivity contribution in [1.29, 1.82) is 5.41 Å². The van der Waals surface area contributed by atoms with Crippen LogP contribution < -0.4 is 10.6 Å². The van der Waals surface area contributed by atoms with E-state index in [0.29, 0.717) is 42.2 Å². The standard InChI is InChI=1S/C33H40ClF3N4O2/c1-5-8-23-9-7-10-26(25(23)6-2)31-27-19-24(34)11-12-28(27)41(21(4)33(35,36)37)32(39)29(43-31)17-20(3)40-15-13-22(14-16-40)18-30(38)42/h7,9-12,19,22,29,31,39H,3-6,8,13-18H2,1-2H3,(H2,38,42)/t29-,31?/m1/s1. The van der Waals surface area contributed by atoms with Gasteiger partial charge < -0.3 is 15.4 Å². The molecule has 2 aromatic carbocycles. The van der Waals surface area contributed by atoms with Gasteiger partial charge in [0.15, 0.2) is 0 Å². The molecule has 2 heterocycles. The Labute approximate surface area is 256 Å². The summed E-state index contributed by atoms with van der Waals surface area (Å²) in [5.41, 5.74) is 8.53. The number of amides is 1. The molecular weight excluding hydrogens is 577 g/mol. The highest BCUT2D eigenvalue weighted by molar-refractivity contribution is 6.30. The van der Waals surface area contributed by atoms with Gasteiger partial charge in [-0.1, -0.05) is 63.2 Å². The Morgan fingerprint density at radius 2 is 1.81 bits per heavy atom. The number of carbonyl (C=O) groups is 1. The second-order valence-corrected chi connectivity index (χ2v) is 11.8. The third-order valence-corrected chi connectivity index (χ3v) is 8.63. The fraction of sp³-hybridized carbons (Fsp3) is 0.455. The van der Waals surface area contributed by atoms with Crippen molar-refractivity contribution in [3.05, 3.63) is 88.2 Å². The van der Waals surface area contributed by atoms with E-state index in [1.54, 1.807) is 6.07 Å². The predicted octanol–water partition coefficient (Wildman–Crippen LogP) is 7.69. The first kappa shape index (κ1) is 32.6. The van der Waals surface area contributed by atoms with Crippen LogP contribution in [-0.2, 0) is 22.4 Å². The van der Waals surface area contributed by atoms with Crippen LogP contribution in [0.3, 0.4) is 0 Å². The van der Waals surface area contributed by atoms with Crippen LogP contribution in [0.4, 0.5) is 18.9 Å². The molecular formula is C33H40ClF3N4O2. The van der Waals surface area contributed by atoms with Crippen LogP contribution in [0.15, 0.2) is 61.0 Å². The minimum Gasteiger partial charge on any atom is -0.375 e. The van der Waals surface area contributed by atoms with Crippen LogP contribution in [0.1, 0.15) is 74.3 Å². The van der Waals surface area contributed by atoms with Crippen molar-refractivity contribution in [2.24, 2.45) is 11.7 Å². The first-order valence-corrected chi connectivity index (χ1v) is 15.1. The molecule has 1 saturated heterocycles. The number of allylic oxidation sites excluding steroid dienone is 1. The highest BCUT2D eigenvalue weighted by Crippen LogP contribution is 2.45. The third-order valence-electron chi connectivity index (χ3n) is 8.39. The third kappa shape index (κ3) is 7.27. The number of hydrogen-bond acceptors (Lipinski definition) is 4. The highest BCUT2D eigenvalue weighted by Gasteiger charge is 2.44. The van der Waals surface area contributed by atoms with E-state index >= 15 is 0 Å². The largest absolute Gasteiger partial charge is 0.431 e. The number of alkyl halides is 3. The average Bonchev–Trinajstić information content (AvgIpc) is 3.06. The molecule has 2 aliphatic rings. The number of primary amides is 1. The van der Waals surface area contributed by atoms with Gasteiger partial charge in [-0.2, -0.15) is 13.2 Å². The molecule has 1 amide bonds. The molecule has 0 aliphatic carbocycles. The zero-order valence-electron chi connectivity index (χ0n) is 24.8. The van der Waals surface area contributed by atoms with Crippen LogP contribution in [0.2, 0.25) is 5.02 Å². The van der Waals surface area contributed by atoms with E-state index in [1.807, 2.05) is 12.1 Å². The maximum absolute atomic E-state index is 14.2. The molecule has 1 unspecified atom stereocenters.